The average Bonchev–Trinajstić information content (AvgIpc) is 3.48. The summed E-state index contributed by atoms with van der Waals surface area (Å²) in [6.45, 7) is 0.274. The van der Waals surface area contributed by atoms with E-state index in [0.717, 1.165) is 0 Å². The zero-order chi connectivity index (χ0) is 23.0. The van der Waals surface area contributed by atoms with Gasteiger partial charge in [0.15, 0.2) is 22.5 Å². The number of hydrogen-bond donors (Lipinski definition) is 2. The van der Waals surface area contributed by atoms with Crippen LogP contribution in [0, 0.1) is 0 Å². The summed E-state index contributed by atoms with van der Waals surface area (Å²) in [6, 6.07) is 20.0. The molecule has 0 atom stereocenters. The molecule has 0 radical (unpaired) electrons. The first-order valence-corrected chi connectivity index (χ1v) is 11.1. The molecule has 0 aliphatic heterocycles. The van der Waals surface area contributed by atoms with Gasteiger partial charge in [-0.25, -0.2) is 0 Å². The van der Waals surface area contributed by atoms with E-state index in [0.29, 0.717) is 33.9 Å². The number of aromatic nitrogens is 3. The molecule has 4 rings (SSSR count). The predicted octanol–water partition coefficient (Wildman–Crippen LogP) is 3.94. The van der Waals surface area contributed by atoms with Crippen molar-refractivity contribution in [1.82, 2.24) is 14.8 Å². The zero-order valence-corrected chi connectivity index (χ0v) is 18.3. The fraction of sp³-hybridized carbons (Fsp3) is 0.130. The van der Waals surface area contributed by atoms with E-state index in [1.165, 1.54) is 18.0 Å². The largest absolute Gasteiger partial charge is 0.461 e. The van der Waals surface area contributed by atoms with Gasteiger partial charge in [0.1, 0.15) is 5.75 Å². The molecule has 33 heavy (non-hydrogen) atoms. The lowest BCUT2D eigenvalue weighted by molar-refractivity contribution is -0.118. The topological polar surface area (TPSA) is 125 Å². The third-order valence-corrected chi connectivity index (χ3v) is 5.47. The number of ether oxygens (including phenoxy) is 1. The lowest BCUT2D eigenvalue weighted by atomic mass is 10.3. The average molecular weight is 464 g/mol. The molecule has 0 saturated carbocycles. The van der Waals surface area contributed by atoms with Crippen LogP contribution in [0.15, 0.2) is 82.6 Å². The molecule has 2 aromatic heterocycles. The molecule has 0 unspecified atom stereocenters. The highest BCUT2D eigenvalue weighted by molar-refractivity contribution is 7.99. The summed E-state index contributed by atoms with van der Waals surface area (Å²) < 4.78 is 13.0. The molecule has 0 saturated heterocycles. The Morgan fingerprint density at radius 1 is 1.03 bits per heavy atom. The Kier molecular flexibility index (Phi) is 7.06. The molecule has 0 aliphatic carbocycles. The maximum absolute atomic E-state index is 12.7. The molecule has 10 heteroatoms. The number of rotatable bonds is 10. The molecule has 3 N–H and O–H groups in total. The number of para-hydroxylation sites is 3. The summed E-state index contributed by atoms with van der Waals surface area (Å²) in [4.78, 5) is 24.0. The number of benzene rings is 2. The van der Waals surface area contributed by atoms with Crippen LogP contribution in [0.1, 0.15) is 6.42 Å². The predicted molar refractivity (Wildman–Crippen MR) is 124 cm³/mol. The first kappa shape index (κ1) is 22.2. The van der Waals surface area contributed by atoms with E-state index in [1.54, 1.807) is 28.8 Å². The molecule has 9 nitrogen and oxygen atoms in total. The molecular weight excluding hydrogens is 442 g/mol. The number of primary amides is 1. The number of carbonyl (C=O) groups is 2. The summed E-state index contributed by atoms with van der Waals surface area (Å²) in [5.41, 5.74) is 5.86. The fourth-order valence-corrected chi connectivity index (χ4v) is 3.76. The van der Waals surface area contributed by atoms with Crippen LogP contribution in [0.3, 0.4) is 0 Å². The number of thioether (sulfide) groups is 1. The lowest BCUT2D eigenvalue weighted by Gasteiger charge is -2.12. The summed E-state index contributed by atoms with van der Waals surface area (Å²) >= 11 is 1.20. The van der Waals surface area contributed by atoms with E-state index in [4.69, 9.17) is 14.9 Å². The van der Waals surface area contributed by atoms with Crippen LogP contribution in [-0.4, -0.2) is 32.3 Å². The van der Waals surface area contributed by atoms with E-state index in [9.17, 15) is 9.59 Å². The van der Waals surface area contributed by atoms with E-state index >= 15 is 0 Å². The third kappa shape index (κ3) is 5.80. The second-order valence-electron chi connectivity index (χ2n) is 6.90. The van der Waals surface area contributed by atoms with Gasteiger partial charge in [-0.05, 0) is 36.4 Å². The maximum atomic E-state index is 12.7. The highest BCUT2D eigenvalue weighted by Crippen LogP contribution is 2.30. The molecule has 2 aromatic carbocycles. The second kappa shape index (κ2) is 10.5. The summed E-state index contributed by atoms with van der Waals surface area (Å²) in [5.74, 6) is 1.56. The van der Waals surface area contributed by atoms with Crippen molar-refractivity contribution in [2.24, 2.45) is 5.73 Å². The molecular formula is C23H21N5O4S. The molecule has 0 bridgehead atoms. The molecule has 4 aromatic rings. The number of nitrogens with zero attached hydrogens (tertiary/aromatic N) is 3. The Hall–Kier alpha value is -4.05. The lowest BCUT2D eigenvalue weighted by Crippen LogP contribution is -2.17. The molecule has 0 aliphatic rings. The smallest absolute Gasteiger partial charge is 0.234 e. The van der Waals surface area contributed by atoms with Crippen molar-refractivity contribution in [1.29, 1.82) is 0 Å². The summed E-state index contributed by atoms with van der Waals surface area (Å²) in [5, 5.41) is 11.7. The first-order valence-electron chi connectivity index (χ1n) is 10.1. The third-order valence-electron chi connectivity index (χ3n) is 4.50. The molecule has 0 spiro atoms. The van der Waals surface area contributed by atoms with Gasteiger partial charge in [-0.3, -0.25) is 14.2 Å². The molecule has 2 amide bonds. The van der Waals surface area contributed by atoms with Crippen molar-refractivity contribution in [2.45, 2.75) is 18.1 Å². The number of nitrogens with one attached hydrogen (secondary N) is 1. The van der Waals surface area contributed by atoms with Crippen molar-refractivity contribution in [3.05, 3.63) is 73.0 Å². The monoisotopic (exact) mass is 463 g/mol. The minimum Gasteiger partial charge on any atom is -0.461 e. The van der Waals surface area contributed by atoms with Crippen molar-refractivity contribution in [3.8, 4) is 23.1 Å². The summed E-state index contributed by atoms with van der Waals surface area (Å²) in [7, 11) is 0. The van der Waals surface area contributed by atoms with Crippen LogP contribution in [-0.2, 0) is 16.1 Å². The van der Waals surface area contributed by atoms with E-state index in [2.05, 4.69) is 15.5 Å². The van der Waals surface area contributed by atoms with Gasteiger partial charge in [0.25, 0.3) is 0 Å². The minimum absolute atomic E-state index is 0.0759. The van der Waals surface area contributed by atoms with Crippen molar-refractivity contribution < 1.29 is 18.7 Å². The van der Waals surface area contributed by atoms with Gasteiger partial charge >= 0.3 is 0 Å². The Labute approximate surface area is 193 Å². The van der Waals surface area contributed by atoms with Crippen LogP contribution in [0.5, 0.6) is 11.5 Å². The normalized spacial score (nSPS) is 10.7. The standard InChI is InChI=1S/C23H21N5O4S/c24-20(29)12-13-28-22(19-11-6-14-31-19)26-27-23(28)33-15-21(30)25-17-9-4-5-10-18(17)32-16-7-2-1-3-8-16/h1-11,14H,12-13,15H2,(H2,24,29)(H,25,30). The number of nitrogens with two attached hydrogens (primary N) is 1. The van der Waals surface area contributed by atoms with Gasteiger partial charge in [-0.2, -0.15) is 0 Å². The van der Waals surface area contributed by atoms with E-state index < -0.39 is 5.91 Å². The minimum atomic E-state index is -0.446. The van der Waals surface area contributed by atoms with Crippen LogP contribution in [0.2, 0.25) is 0 Å². The zero-order valence-electron chi connectivity index (χ0n) is 17.5. The van der Waals surface area contributed by atoms with Crippen LogP contribution < -0.4 is 15.8 Å². The van der Waals surface area contributed by atoms with Crippen LogP contribution in [0.25, 0.3) is 11.6 Å². The fourth-order valence-electron chi connectivity index (χ4n) is 3.00. The Morgan fingerprint density at radius 2 is 1.82 bits per heavy atom. The van der Waals surface area contributed by atoms with Gasteiger partial charge in [-0.1, -0.05) is 42.1 Å². The second-order valence-corrected chi connectivity index (χ2v) is 7.84. The first-order chi connectivity index (χ1) is 16.1. The number of carbonyl (C=O) groups excluding carboxylic acids is 2. The SMILES string of the molecule is NC(=O)CCn1c(SCC(=O)Nc2ccccc2Oc2ccccc2)nnc1-c1ccco1. The van der Waals surface area contributed by atoms with Gasteiger partial charge < -0.3 is 20.2 Å². The van der Waals surface area contributed by atoms with Crippen molar-refractivity contribution in [2.75, 3.05) is 11.1 Å². The van der Waals surface area contributed by atoms with Crippen LogP contribution >= 0.6 is 11.8 Å². The van der Waals surface area contributed by atoms with Crippen molar-refractivity contribution >= 4 is 29.3 Å². The van der Waals surface area contributed by atoms with E-state index in [-0.39, 0.29) is 24.6 Å². The van der Waals surface area contributed by atoms with Gasteiger partial charge in [-0.15, -0.1) is 10.2 Å². The van der Waals surface area contributed by atoms with E-state index in [1.807, 2.05) is 42.5 Å². The van der Waals surface area contributed by atoms with Gasteiger partial charge in [0, 0.05) is 13.0 Å². The summed E-state index contributed by atoms with van der Waals surface area (Å²) in [6.07, 6.45) is 1.63. The van der Waals surface area contributed by atoms with Gasteiger partial charge in [0.05, 0.1) is 17.7 Å². The van der Waals surface area contributed by atoms with Gasteiger partial charge in [0.2, 0.25) is 11.8 Å². The Balaban J connectivity index is 1.44. The number of hydrogen-bond acceptors (Lipinski definition) is 7. The number of amides is 2. The molecule has 168 valence electrons. The quantitative estimate of drug-likeness (QED) is 0.341. The Bertz CT molecular complexity index is 1220. The highest BCUT2D eigenvalue weighted by atomic mass is 32.2. The van der Waals surface area contributed by atoms with Crippen molar-refractivity contribution in [3.63, 3.8) is 0 Å². The number of furan rings is 1. The maximum Gasteiger partial charge on any atom is 0.234 e. The Morgan fingerprint density at radius 3 is 2.58 bits per heavy atom. The molecule has 0 fully saturated rings. The number of anilines is 1. The molecule has 2 heterocycles. The van der Waals surface area contributed by atoms with Crippen LogP contribution in [0.4, 0.5) is 5.69 Å². The highest BCUT2D eigenvalue weighted by Gasteiger charge is 2.18.